The highest BCUT2D eigenvalue weighted by Crippen LogP contribution is 2.32. The molecule has 1 saturated heterocycles. The van der Waals surface area contributed by atoms with E-state index in [1.54, 1.807) is 25.1 Å². The Labute approximate surface area is 134 Å². The van der Waals surface area contributed by atoms with Crippen molar-refractivity contribution in [3.8, 4) is 0 Å². The minimum atomic E-state index is -0.614. The summed E-state index contributed by atoms with van der Waals surface area (Å²) in [7, 11) is 0. The van der Waals surface area contributed by atoms with Crippen LogP contribution in [-0.2, 0) is 9.59 Å². The minimum Gasteiger partial charge on any atom is -0.342 e. The Morgan fingerprint density at radius 1 is 1.29 bits per heavy atom. The first-order chi connectivity index (χ1) is 9.81. The maximum Gasteiger partial charge on any atom is 0.250 e. The summed E-state index contributed by atoms with van der Waals surface area (Å²) in [5, 5.41) is 3.65. The molecule has 0 aliphatic carbocycles. The lowest BCUT2D eigenvalue weighted by Crippen LogP contribution is -2.63. The first-order valence-corrected chi connectivity index (χ1v) is 7.65. The Kier molecular flexibility index (Phi) is 4.79. The molecule has 0 spiro atoms. The molecule has 2 atom stereocenters. The number of carbonyl (C=O) groups excluding carboxylic acids is 2. The third-order valence-corrected chi connectivity index (χ3v) is 4.05. The van der Waals surface area contributed by atoms with Gasteiger partial charge < -0.3 is 5.32 Å². The highest BCUT2D eigenvalue weighted by Gasteiger charge is 2.39. The number of nitrogens with zero attached hydrogens (tertiary/aromatic N) is 1. The Balaban J connectivity index is 2.41. The SMILES string of the molecule is CC(C)CC1NC(=O)C(C)N(c2cc(Cl)ccc2Cl)C1=O. The number of hydrogen-bond acceptors (Lipinski definition) is 2. The van der Waals surface area contributed by atoms with E-state index in [4.69, 9.17) is 23.2 Å². The van der Waals surface area contributed by atoms with E-state index in [1.807, 2.05) is 13.8 Å². The quantitative estimate of drug-likeness (QED) is 0.925. The van der Waals surface area contributed by atoms with Gasteiger partial charge in [0.2, 0.25) is 11.8 Å². The molecule has 2 unspecified atom stereocenters. The Morgan fingerprint density at radius 2 is 1.95 bits per heavy atom. The molecule has 1 N–H and O–H groups in total. The third-order valence-electron chi connectivity index (χ3n) is 3.49. The first kappa shape index (κ1) is 16.1. The number of benzene rings is 1. The van der Waals surface area contributed by atoms with Crippen molar-refractivity contribution in [3.63, 3.8) is 0 Å². The van der Waals surface area contributed by atoms with Crippen LogP contribution < -0.4 is 10.2 Å². The molecule has 1 heterocycles. The summed E-state index contributed by atoms with van der Waals surface area (Å²) in [6.45, 7) is 5.69. The predicted octanol–water partition coefficient (Wildman–Crippen LogP) is 3.26. The van der Waals surface area contributed by atoms with Crippen molar-refractivity contribution in [2.24, 2.45) is 5.92 Å². The van der Waals surface area contributed by atoms with Crippen LogP contribution in [0.2, 0.25) is 10.0 Å². The predicted molar refractivity (Wildman–Crippen MR) is 84.8 cm³/mol. The van der Waals surface area contributed by atoms with E-state index < -0.39 is 12.1 Å². The van der Waals surface area contributed by atoms with Crippen LogP contribution in [0.15, 0.2) is 18.2 Å². The van der Waals surface area contributed by atoms with Gasteiger partial charge in [-0.05, 0) is 37.5 Å². The van der Waals surface area contributed by atoms with Crippen LogP contribution in [0.3, 0.4) is 0 Å². The highest BCUT2D eigenvalue weighted by atomic mass is 35.5. The maximum atomic E-state index is 12.7. The Hall–Kier alpha value is -1.26. The third kappa shape index (κ3) is 3.33. The summed E-state index contributed by atoms with van der Waals surface area (Å²) < 4.78 is 0. The lowest BCUT2D eigenvalue weighted by Gasteiger charge is -2.38. The number of piperazine rings is 1. The van der Waals surface area contributed by atoms with Crippen LogP contribution in [0, 0.1) is 5.92 Å². The van der Waals surface area contributed by atoms with E-state index in [0.29, 0.717) is 28.1 Å². The molecule has 21 heavy (non-hydrogen) atoms. The summed E-state index contributed by atoms with van der Waals surface area (Å²) in [5.74, 6) is -0.0411. The topological polar surface area (TPSA) is 49.4 Å². The van der Waals surface area contributed by atoms with Crippen LogP contribution in [-0.4, -0.2) is 23.9 Å². The van der Waals surface area contributed by atoms with Crippen molar-refractivity contribution in [1.82, 2.24) is 5.32 Å². The van der Waals surface area contributed by atoms with Crippen LogP contribution >= 0.6 is 23.2 Å². The fourth-order valence-electron chi connectivity index (χ4n) is 2.46. The van der Waals surface area contributed by atoms with E-state index >= 15 is 0 Å². The molecule has 0 saturated carbocycles. The van der Waals surface area contributed by atoms with Gasteiger partial charge in [-0.3, -0.25) is 14.5 Å². The zero-order chi connectivity index (χ0) is 15.7. The van der Waals surface area contributed by atoms with Gasteiger partial charge in [0, 0.05) is 5.02 Å². The van der Waals surface area contributed by atoms with Gasteiger partial charge in [0.1, 0.15) is 12.1 Å². The number of amides is 2. The van der Waals surface area contributed by atoms with Gasteiger partial charge in [-0.1, -0.05) is 37.0 Å². The fraction of sp³-hybridized carbons (Fsp3) is 0.467. The number of rotatable bonds is 3. The van der Waals surface area contributed by atoms with Crippen molar-refractivity contribution in [3.05, 3.63) is 28.2 Å². The van der Waals surface area contributed by atoms with E-state index in [1.165, 1.54) is 4.90 Å². The van der Waals surface area contributed by atoms with Gasteiger partial charge in [-0.25, -0.2) is 0 Å². The maximum absolute atomic E-state index is 12.7. The van der Waals surface area contributed by atoms with Crippen LogP contribution in [0.1, 0.15) is 27.2 Å². The summed E-state index contributed by atoms with van der Waals surface area (Å²) in [6, 6.07) is 3.76. The Bertz CT molecular complexity index is 575. The molecule has 6 heteroatoms. The molecule has 2 rings (SSSR count). The molecule has 0 radical (unpaired) electrons. The molecule has 0 bridgehead atoms. The van der Waals surface area contributed by atoms with Crippen LogP contribution in [0.25, 0.3) is 0 Å². The van der Waals surface area contributed by atoms with Gasteiger partial charge in [0.05, 0.1) is 10.7 Å². The van der Waals surface area contributed by atoms with E-state index in [-0.39, 0.29) is 11.8 Å². The summed E-state index contributed by atoms with van der Waals surface area (Å²) in [4.78, 5) is 26.3. The molecule has 0 aromatic heterocycles. The molecule has 4 nitrogen and oxygen atoms in total. The molecule has 2 amide bonds. The number of carbonyl (C=O) groups is 2. The lowest BCUT2D eigenvalue weighted by molar-refractivity contribution is -0.133. The second-order valence-electron chi connectivity index (χ2n) is 5.67. The molecule has 1 fully saturated rings. The molecule has 1 aromatic carbocycles. The largest absolute Gasteiger partial charge is 0.342 e. The van der Waals surface area contributed by atoms with Gasteiger partial charge in [-0.15, -0.1) is 0 Å². The van der Waals surface area contributed by atoms with Crippen molar-refractivity contribution >= 4 is 40.7 Å². The number of hydrogen-bond donors (Lipinski definition) is 1. The second kappa shape index (κ2) is 6.24. The van der Waals surface area contributed by atoms with Gasteiger partial charge in [0.15, 0.2) is 0 Å². The molecule has 114 valence electrons. The fourth-order valence-corrected chi connectivity index (χ4v) is 2.83. The normalized spacial score (nSPS) is 22.7. The monoisotopic (exact) mass is 328 g/mol. The standard InChI is InChI=1S/C15H18Cl2N2O2/c1-8(2)6-12-15(21)19(9(3)14(20)18-12)13-7-10(16)4-5-11(13)17/h4-5,7-9,12H,6H2,1-3H3,(H,18,20). The number of anilines is 1. The average molecular weight is 329 g/mol. The summed E-state index contributed by atoms with van der Waals surface area (Å²) >= 11 is 12.2. The molecule has 1 aliphatic heterocycles. The van der Waals surface area contributed by atoms with Gasteiger partial charge >= 0.3 is 0 Å². The Morgan fingerprint density at radius 3 is 2.57 bits per heavy atom. The minimum absolute atomic E-state index is 0.153. The number of halogens is 2. The average Bonchev–Trinajstić information content (AvgIpc) is 2.39. The van der Waals surface area contributed by atoms with E-state index in [0.717, 1.165) is 0 Å². The first-order valence-electron chi connectivity index (χ1n) is 6.89. The highest BCUT2D eigenvalue weighted by molar-refractivity contribution is 6.36. The van der Waals surface area contributed by atoms with Gasteiger partial charge in [-0.2, -0.15) is 0 Å². The van der Waals surface area contributed by atoms with Crippen molar-refractivity contribution < 1.29 is 9.59 Å². The molecular formula is C15H18Cl2N2O2. The van der Waals surface area contributed by atoms with Gasteiger partial charge in [0.25, 0.3) is 0 Å². The second-order valence-corrected chi connectivity index (χ2v) is 6.51. The van der Waals surface area contributed by atoms with Crippen molar-refractivity contribution in [2.45, 2.75) is 39.3 Å². The van der Waals surface area contributed by atoms with Crippen molar-refractivity contribution in [1.29, 1.82) is 0 Å². The molecule has 1 aromatic rings. The van der Waals surface area contributed by atoms with Crippen LogP contribution in [0.5, 0.6) is 0 Å². The van der Waals surface area contributed by atoms with E-state index in [9.17, 15) is 9.59 Å². The smallest absolute Gasteiger partial charge is 0.250 e. The van der Waals surface area contributed by atoms with Crippen LogP contribution in [0.4, 0.5) is 5.69 Å². The zero-order valence-corrected chi connectivity index (χ0v) is 13.7. The lowest BCUT2D eigenvalue weighted by atomic mass is 9.98. The summed E-state index contributed by atoms with van der Waals surface area (Å²) in [5.41, 5.74) is 0.477. The number of nitrogens with one attached hydrogen (secondary N) is 1. The molecule has 1 aliphatic rings. The molecular weight excluding hydrogens is 311 g/mol. The summed E-state index contributed by atoms with van der Waals surface area (Å²) in [6.07, 6.45) is 0.589. The zero-order valence-electron chi connectivity index (χ0n) is 12.2. The van der Waals surface area contributed by atoms with Crippen molar-refractivity contribution in [2.75, 3.05) is 4.90 Å². The van der Waals surface area contributed by atoms with E-state index in [2.05, 4.69) is 5.32 Å².